The van der Waals surface area contributed by atoms with Crippen LogP contribution in [-0.4, -0.2) is 57.6 Å². The number of benzene rings is 1. The number of nitrogens with zero attached hydrogens (tertiary/aromatic N) is 5. The number of carbonyl (C=O) groups is 1. The van der Waals surface area contributed by atoms with Gasteiger partial charge in [-0.2, -0.15) is 0 Å². The summed E-state index contributed by atoms with van der Waals surface area (Å²) in [5, 5.41) is 6.96. The zero-order valence-electron chi connectivity index (χ0n) is 20.4. The molecular formula is C27H29N7O2. The average molecular weight is 484 g/mol. The topological polar surface area (TPSA) is 115 Å². The van der Waals surface area contributed by atoms with Gasteiger partial charge in [-0.3, -0.25) is 9.78 Å². The Morgan fingerprint density at radius 3 is 2.67 bits per heavy atom. The molecule has 9 heteroatoms. The summed E-state index contributed by atoms with van der Waals surface area (Å²) in [6, 6.07) is 9.61. The maximum Gasteiger partial charge on any atom is 0.251 e. The molecule has 1 saturated heterocycles. The van der Waals surface area contributed by atoms with Gasteiger partial charge >= 0.3 is 0 Å². The molecular weight excluding hydrogens is 454 g/mol. The van der Waals surface area contributed by atoms with Gasteiger partial charge in [0.15, 0.2) is 0 Å². The molecule has 5 rings (SSSR count). The number of carbonyl (C=O) groups excluding carboxylic acids is 1. The van der Waals surface area contributed by atoms with E-state index >= 15 is 0 Å². The van der Waals surface area contributed by atoms with Gasteiger partial charge in [0.05, 0.1) is 16.8 Å². The van der Waals surface area contributed by atoms with Gasteiger partial charge < -0.3 is 15.4 Å². The van der Waals surface area contributed by atoms with Gasteiger partial charge in [0.25, 0.3) is 5.91 Å². The van der Waals surface area contributed by atoms with Gasteiger partial charge in [-0.25, -0.2) is 19.9 Å². The molecule has 1 fully saturated rings. The zero-order valence-corrected chi connectivity index (χ0v) is 20.4. The molecule has 4 heterocycles. The van der Waals surface area contributed by atoms with Crippen molar-refractivity contribution in [2.75, 3.05) is 32.1 Å². The number of aromatic nitrogens is 5. The zero-order chi connectivity index (χ0) is 24.9. The van der Waals surface area contributed by atoms with E-state index in [0.29, 0.717) is 18.0 Å². The van der Waals surface area contributed by atoms with Crippen molar-refractivity contribution in [2.24, 2.45) is 0 Å². The lowest BCUT2D eigenvalue weighted by molar-refractivity contribution is 0.0836. The Labute approximate surface area is 209 Å². The predicted octanol–water partition coefficient (Wildman–Crippen LogP) is 3.95. The van der Waals surface area contributed by atoms with E-state index in [1.807, 2.05) is 30.6 Å². The van der Waals surface area contributed by atoms with E-state index in [0.717, 1.165) is 65.4 Å². The Hall–Kier alpha value is -3.98. The molecule has 0 saturated carbocycles. The maximum absolute atomic E-state index is 12.3. The van der Waals surface area contributed by atoms with Crippen molar-refractivity contribution in [3.05, 3.63) is 72.2 Å². The summed E-state index contributed by atoms with van der Waals surface area (Å²) in [6.07, 6.45) is 8.81. The summed E-state index contributed by atoms with van der Waals surface area (Å²) in [6.45, 7) is 4.29. The lowest BCUT2D eigenvalue weighted by Gasteiger charge is -2.20. The van der Waals surface area contributed by atoms with Gasteiger partial charge in [-0.05, 0) is 24.5 Å². The molecule has 36 heavy (non-hydrogen) atoms. The van der Waals surface area contributed by atoms with Gasteiger partial charge in [0.2, 0.25) is 0 Å². The van der Waals surface area contributed by atoms with Crippen molar-refractivity contribution in [1.82, 2.24) is 30.2 Å². The molecule has 1 aliphatic heterocycles. The second-order valence-electron chi connectivity index (χ2n) is 8.97. The van der Waals surface area contributed by atoms with E-state index < -0.39 is 0 Å². The highest BCUT2D eigenvalue weighted by Gasteiger charge is 2.19. The number of fused-ring (bicyclic) bond motifs is 1. The van der Waals surface area contributed by atoms with Crippen molar-refractivity contribution >= 4 is 22.6 Å². The van der Waals surface area contributed by atoms with Gasteiger partial charge in [-0.15, -0.1) is 0 Å². The molecule has 4 aromatic rings. The van der Waals surface area contributed by atoms with Crippen molar-refractivity contribution in [3.63, 3.8) is 0 Å². The molecule has 0 bridgehead atoms. The lowest BCUT2D eigenvalue weighted by Crippen LogP contribution is -2.18. The molecule has 0 spiro atoms. The first-order chi connectivity index (χ1) is 17.6. The molecule has 2 N–H and O–H groups in total. The van der Waals surface area contributed by atoms with Crippen LogP contribution in [0, 0.1) is 0 Å². The SMILES string of the molecule is CNC(=O)c1ccnc2c([C@H](C)CNc3cc(-c4cnc(C5CCOCC5)nc4)ncn3)cccc12. The minimum absolute atomic E-state index is 0.122. The van der Waals surface area contributed by atoms with Crippen LogP contribution in [0.1, 0.15) is 53.3 Å². The summed E-state index contributed by atoms with van der Waals surface area (Å²) in [4.78, 5) is 34.9. The van der Waals surface area contributed by atoms with Crippen LogP contribution >= 0.6 is 0 Å². The van der Waals surface area contributed by atoms with E-state index in [2.05, 4.69) is 48.5 Å². The molecule has 1 aliphatic rings. The third kappa shape index (κ3) is 5.01. The van der Waals surface area contributed by atoms with Gasteiger partial charge in [0.1, 0.15) is 18.0 Å². The van der Waals surface area contributed by atoms with Crippen LogP contribution in [0.15, 0.2) is 55.2 Å². The molecule has 3 aromatic heterocycles. The maximum atomic E-state index is 12.3. The Bertz CT molecular complexity index is 1350. The smallest absolute Gasteiger partial charge is 0.251 e. The van der Waals surface area contributed by atoms with E-state index in [4.69, 9.17) is 4.74 Å². The molecule has 0 radical (unpaired) electrons. The summed E-state index contributed by atoms with van der Waals surface area (Å²) < 4.78 is 5.44. The number of pyridine rings is 1. The van der Waals surface area contributed by atoms with Crippen LogP contribution in [0.3, 0.4) is 0 Å². The molecule has 1 aromatic carbocycles. The lowest BCUT2D eigenvalue weighted by atomic mass is 9.96. The summed E-state index contributed by atoms with van der Waals surface area (Å²) in [5.41, 5.74) is 4.13. The van der Waals surface area contributed by atoms with Crippen LogP contribution in [0.25, 0.3) is 22.2 Å². The van der Waals surface area contributed by atoms with Gasteiger partial charge in [-0.1, -0.05) is 25.1 Å². The van der Waals surface area contributed by atoms with Crippen LogP contribution < -0.4 is 10.6 Å². The second-order valence-corrected chi connectivity index (χ2v) is 8.97. The van der Waals surface area contributed by atoms with Crippen molar-refractivity contribution in [1.29, 1.82) is 0 Å². The fourth-order valence-corrected chi connectivity index (χ4v) is 4.55. The third-order valence-corrected chi connectivity index (χ3v) is 6.62. The molecule has 9 nitrogen and oxygen atoms in total. The quantitative estimate of drug-likeness (QED) is 0.406. The Morgan fingerprint density at radius 1 is 1.08 bits per heavy atom. The molecule has 1 amide bonds. The average Bonchev–Trinajstić information content (AvgIpc) is 2.95. The van der Waals surface area contributed by atoms with Crippen LogP contribution in [0.5, 0.6) is 0 Å². The Kier molecular flexibility index (Phi) is 7.08. The molecule has 184 valence electrons. The van der Waals surface area contributed by atoms with E-state index in [1.165, 1.54) is 0 Å². The Morgan fingerprint density at radius 2 is 1.89 bits per heavy atom. The number of anilines is 1. The second kappa shape index (κ2) is 10.7. The third-order valence-electron chi connectivity index (χ3n) is 6.62. The largest absolute Gasteiger partial charge is 0.381 e. The number of hydrogen-bond donors (Lipinski definition) is 2. The van der Waals surface area contributed by atoms with Crippen LogP contribution in [0.2, 0.25) is 0 Å². The monoisotopic (exact) mass is 483 g/mol. The molecule has 0 unspecified atom stereocenters. The standard InChI is InChI=1S/C27H29N7O2/c1-17(20-4-3-5-21-22(27(35)28-2)6-9-29-25(20)21)13-30-24-12-23(33-16-34-24)19-14-31-26(32-15-19)18-7-10-36-11-8-18/h3-6,9,12,14-18H,7-8,10-11,13H2,1-2H3,(H,28,35)(H,30,33,34)/t17-/m1/s1. The van der Waals surface area contributed by atoms with Gasteiger partial charge in [0, 0.05) is 74.2 Å². The Balaban J connectivity index is 1.30. The minimum atomic E-state index is -0.122. The highest BCUT2D eigenvalue weighted by molar-refractivity contribution is 6.06. The first-order valence-corrected chi connectivity index (χ1v) is 12.2. The van der Waals surface area contributed by atoms with Crippen LogP contribution in [-0.2, 0) is 4.74 Å². The predicted molar refractivity (Wildman–Crippen MR) is 138 cm³/mol. The number of amides is 1. The molecule has 1 atom stereocenters. The highest BCUT2D eigenvalue weighted by Crippen LogP contribution is 2.28. The van der Waals surface area contributed by atoms with E-state index in [1.54, 1.807) is 25.6 Å². The number of para-hydroxylation sites is 1. The minimum Gasteiger partial charge on any atom is -0.381 e. The number of ether oxygens (including phenoxy) is 1. The first kappa shape index (κ1) is 23.7. The number of hydrogen-bond acceptors (Lipinski definition) is 8. The van der Waals surface area contributed by atoms with E-state index in [9.17, 15) is 4.79 Å². The number of rotatable bonds is 7. The highest BCUT2D eigenvalue weighted by atomic mass is 16.5. The molecule has 0 aliphatic carbocycles. The van der Waals surface area contributed by atoms with Crippen LogP contribution in [0.4, 0.5) is 5.82 Å². The van der Waals surface area contributed by atoms with Crippen molar-refractivity contribution in [3.8, 4) is 11.3 Å². The first-order valence-electron chi connectivity index (χ1n) is 12.2. The van der Waals surface area contributed by atoms with Crippen molar-refractivity contribution in [2.45, 2.75) is 31.6 Å². The fraction of sp³-hybridized carbons (Fsp3) is 0.333. The fourth-order valence-electron chi connectivity index (χ4n) is 4.55. The van der Waals surface area contributed by atoms with Crippen molar-refractivity contribution < 1.29 is 9.53 Å². The van der Waals surface area contributed by atoms with E-state index in [-0.39, 0.29) is 11.8 Å². The summed E-state index contributed by atoms with van der Waals surface area (Å²) in [7, 11) is 1.63. The number of nitrogens with one attached hydrogen (secondary N) is 2. The summed E-state index contributed by atoms with van der Waals surface area (Å²) >= 11 is 0. The normalized spacial score (nSPS) is 14.9. The summed E-state index contributed by atoms with van der Waals surface area (Å²) in [5.74, 6) is 1.95.